The zero-order valence-electron chi connectivity index (χ0n) is 13.1. The first-order valence-electron chi connectivity index (χ1n) is 7.60. The number of hydrogen-bond donors (Lipinski definition) is 2. The van der Waals surface area contributed by atoms with E-state index in [1.54, 1.807) is 6.07 Å². The molecular weight excluding hydrogens is 321 g/mol. The Labute approximate surface area is 141 Å². The van der Waals surface area contributed by atoms with Gasteiger partial charge in [0.2, 0.25) is 11.8 Å². The molecule has 2 aliphatic heterocycles. The van der Waals surface area contributed by atoms with Gasteiger partial charge in [0, 0.05) is 37.3 Å². The highest BCUT2D eigenvalue weighted by molar-refractivity contribution is 6.01. The number of fused-ring (bicyclic) bond motifs is 1. The van der Waals surface area contributed by atoms with Gasteiger partial charge in [-0.15, -0.1) is 12.4 Å². The zero-order chi connectivity index (χ0) is 15.9. The minimum Gasteiger partial charge on any atom is -0.337 e. The average Bonchev–Trinajstić information content (AvgIpc) is 2.48. The molecule has 126 valence electrons. The SMILES string of the molecule is CC1NCCN(C(=O)C2CC(=O)Nc3cc(F)ccc32)C1C.Cl. The number of halogens is 2. The van der Waals surface area contributed by atoms with Crippen LogP contribution >= 0.6 is 12.4 Å². The monoisotopic (exact) mass is 341 g/mol. The van der Waals surface area contributed by atoms with Crippen LogP contribution in [0.2, 0.25) is 0 Å². The minimum absolute atomic E-state index is 0. The highest BCUT2D eigenvalue weighted by Crippen LogP contribution is 2.34. The Morgan fingerprint density at radius 1 is 1.35 bits per heavy atom. The summed E-state index contributed by atoms with van der Waals surface area (Å²) in [6.07, 6.45) is 0.114. The van der Waals surface area contributed by atoms with Crippen molar-refractivity contribution < 1.29 is 14.0 Å². The van der Waals surface area contributed by atoms with Crippen LogP contribution in [-0.4, -0.2) is 41.9 Å². The first-order chi connectivity index (χ1) is 10.5. The van der Waals surface area contributed by atoms with Crippen LogP contribution in [0.3, 0.4) is 0 Å². The highest BCUT2D eigenvalue weighted by atomic mass is 35.5. The van der Waals surface area contributed by atoms with Crippen LogP contribution in [0.1, 0.15) is 31.7 Å². The molecule has 5 nitrogen and oxygen atoms in total. The van der Waals surface area contributed by atoms with Crippen molar-refractivity contribution in [3.05, 3.63) is 29.6 Å². The van der Waals surface area contributed by atoms with Gasteiger partial charge in [-0.3, -0.25) is 9.59 Å². The molecule has 7 heteroatoms. The van der Waals surface area contributed by atoms with Gasteiger partial charge in [-0.2, -0.15) is 0 Å². The molecule has 1 fully saturated rings. The minimum atomic E-state index is -0.530. The van der Waals surface area contributed by atoms with Crippen LogP contribution < -0.4 is 10.6 Å². The van der Waals surface area contributed by atoms with E-state index in [1.165, 1.54) is 12.1 Å². The van der Waals surface area contributed by atoms with E-state index in [2.05, 4.69) is 10.6 Å². The van der Waals surface area contributed by atoms with Crippen molar-refractivity contribution in [2.45, 2.75) is 38.3 Å². The number of nitrogens with zero attached hydrogens (tertiary/aromatic N) is 1. The molecule has 1 saturated heterocycles. The van der Waals surface area contributed by atoms with E-state index in [1.807, 2.05) is 18.7 Å². The third-order valence-corrected chi connectivity index (χ3v) is 4.67. The Balaban J connectivity index is 0.00000192. The van der Waals surface area contributed by atoms with Crippen molar-refractivity contribution >= 4 is 29.9 Å². The fourth-order valence-corrected chi connectivity index (χ4v) is 3.23. The summed E-state index contributed by atoms with van der Waals surface area (Å²) in [7, 11) is 0. The number of piperazine rings is 1. The molecule has 0 saturated carbocycles. The molecular formula is C16H21ClFN3O2. The fraction of sp³-hybridized carbons (Fsp3) is 0.500. The first kappa shape index (κ1) is 17.7. The van der Waals surface area contributed by atoms with Gasteiger partial charge in [-0.1, -0.05) is 6.07 Å². The molecule has 2 amide bonds. The van der Waals surface area contributed by atoms with E-state index < -0.39 is 11.7 Å². The van der Waals surface area contributed by atoms with Crippen molar-refractivity contribution in [2.75, 3.05) is 18.4 Å². The van der Waals surface area contributed by atoms with E-state index in [4.69, 9.17) is 0 Å². The smallest absolute Gasteiger partial charge is 0.231 e. The highest BCUT2D eigenvalue weighted by Gasteiger charge is 2.37. The predicted molar refractivity (Wildman–Crippen MR) is 88.3 cm³/mol. The number of benzene rings is 1. The van der Waals surface area contributed by atoms with E-state index in [0.717, 1.165) is 6.54 Å². The lowest BCUT2D eigenvalue weighted by Crippen LogP contribution is -2.58. The van der Waals surface area contributed by atoms with Crippen molar-refractivity contribution in [3.8, 4) is 0 Å². The third-order valence-electron chi connectivity index (χ3n) is 4.67. The second kappa shape index (κ2) is 6.84. The van der Waals surface area contributed by atoms with E-state index >= 15 is 0 Å². The molecule has 0 aromatic heterocycles. The molecule has 3 atom stereocenters. The third kappa shape index (κ3) is 3.33. The van der Waals surface area contributed by atoms with Crippen LogP contribution in [0.15, 0.2) is 18.2 Å². The van der Waals surface area contributed by atoms with E-state index in [-0.39, 0.29) is 42.7 Å². The first-order valence-corrected chi connectivity index (χ1v) is 7.60. The van der Waals surface area contributed by atoms with Crippen molar-refractivity contribution in [2.24, 2.45) is 0 Å². The summed E-state index contributed by atoms with van der Waals surface area (Å²) in [5.74, 6) is -1.25. The van der Waals surface area contributed by atoms with Gasteiger partial charge in [0.15, 0.2) is 0 Å². The zero-order valence-corrected chi connectivity index (χ0v) is 14.0. The summed E-state index contributed by atoms with van der Waals surface area (Å²) in [5, 5.41) is 5.98. The topological polar surface area (TPSA) is 61.4 Å². The number of nitrogens with one attached hydrogen (secondary N) is 2. The van der Waals surface area contributed by atoms with Gasteiger partial charge < -0.3 is 15.5 Å². The standard InChI is InChI=1S/C16H20FN3O2.ClH/c1-9-10(2)20(6-5-18-9)16(22)13-8-15(21)19-14-7-11(17)3-4-12(13)14;/h3-4,7,9-10,13,18H,5-6,8H2,1-2H3,(H,19,21);1H. The molecule has 2 N–H and O–H groups in total. The number of carbonyl (C=O) groups excluding carboxylic acids is 2. The second-order valence-electron chi connectivity index (χ2n) is 6.05. The maximum absolute atomic E-state index is 13.4. The van der Waals surface area contributed by atoms with Gasteiger partial charge >= 0.3 is 0 Å². The van der Waals surface area contributed by atoms with Gasteiger partial charge in [0.1, 0.15) is 5.82 Å². The van der Waals surface area contributed by atoms with Crippen molar-refractivity contribution in [3.63, 3.8) is 0 Å². The molecule has 3 unspecified atom stereocenters. The molecule has 1 aromatic rings. The summed E-state index contributed by atoms with van der Waals surface area (Å²) in [6, 6.07) is 4.48. The molecule has 2 aliphatic rings. The maximum atomic E-state index is 13.4. The molecule has 3 rings (SSSR count). The fourth-order valence-electron chi connectivity index (χ4n) is 3.23. The van der Waals surface area contributed by atoms with Gasteiger partial charge in [-0.25, -0.2) is 4.39 Å². The molecule has 0 spiro atoms. The lowest BCUT2D eigenvalue weighted by molar-refractivity contribution is -0.138. The number of amides is 2. The molecule has 0 bridgehead atoms. The van der Waals surface area contributed by atoms with Gasteiger partial charge in [-0.05, 0) is 31.5 Å². The summed E-state index contributed by atoms with van der Waals surface area (Å²) in [4.78, 5) is 26.6. The second-order valence-corrected chi connectivity index (χ2v) is 6.05. The normalized spacial score (nSPS) is 26.8. The summed E-state index contributed by atoms with van der Waals surface area (Å²) >= 11 is 0. The summed E-state index contributed by atoms with van der Waals surface area (Å²) < 4.78 is 13.4. The predicted octanol–water partition coefficient (Wildman–Crippen LogP) is 1.88. The Morgan fingerprint density at radius 2 is 2.09 bits per heavy atom. The van der Waals surface area contributed by atoms with Crippen LogP contribution in [-0.2, 0) is 9.59 Å². The van der Waals surface area contributed by atoms with Crippen LogP contribution in [0.5, 0.6) is 0 Å². The summed E-state index contributed by atoms with van der Waals surface area (Å²) in [6.45, 7) is 5.41. The maximum Gasteiger partial charge on any atom is 0.231 e. The Hall–Kier alpha value is -1.66. The van der Waals surface area contributed by atoms with E-state index in [9.17, 15) is 14.0 Å². The average molecular weight is 342 g/mol. The lowest BCUT2D eigenvalue weighted by atomic mass is 9.88. The summed E-state index contributed by atoms with van der Waals surface area (Å²) in [5.41, 5.74) is 1.11. The molecule has 0 aliphatic carbocycles. The number of rotatable bonds is 1. The Kier molecular flexibility index (Phi) is 5.26. The van der Waals surface area contributed by atoms with Crippen LogP contribution in [0, 0.1) is 5.82 Å². The van der Waals surface area contributed by atoms with Crippen molar-refractivity contribution in [1.82, 2.24) is 10.2 Å². The number of anilines is 1. The van der Waals surface area contributed by atoms with Gasteiger partial charge in [0.05, 0.1) is 5.92 Å². The molecule has 2 heterocycles. The van der Waals surface area contributed by atoms with Gasteiger partial charge in [0.25, 0.3) is 0 Å². The number of carbonyl (C=O) groups is 2. The number of hydrogen-bond acceptors (Lipinski definition) is 3. The largest absolute Gasteiger partial charge is 0.337 e. The van der Waals surface area contributed by atoms with Crippen LogP contribution in [0.4, 0.5) is 10.1 Å². The van der Waals surface area contributed by atoms with Crippen molar-refractivity contribution in [1.29, 1.82) is 0 Å². The Bertz CT molecular complexity index is 625. The quantitative estimate of drug-likeness (QED) is 0.820. The molecule has 23 heavy (non-hydrogen) atoms. The molecule has 1 aromatic carbocycles. The van der Waals surface area contributed by atoms with E-state index in [0.29, 0.717) is 17.8 Å². The Morgan fingerprint density at radius 3 is 2.83 bits per heavy atom. The van der Waals surface area contributed by atoms with Crippen LogP contribution in [0.25, 0.3) is 0 Å². The molecule has 0 radical (unpaired) electrons. The lowest BCUT2D eigenvalue weighted by Gasteiger charge is -2.41.